The molecule has 4 N–H and O–H groups in total. The van der Waals surface area contributed by atoms with Gasteiger partial charge in [0.05, 0.1) is 15.7 Å². The summed E-state index contributed by atoms with van der Waals surface area (Å²) in [4.78, 5) is 3.97. The van der Waals surface area contributed by atoms with Gasteiger partial charge in [0.25, 0.3) is 0 Å². The summed E-state index contributed by atoms with van der Waals surface area (Å²) in [5.74, 6) is 0.278. The van der Waals surface area contributed by atoms with Crippen molar-refractivity contribution in [2.45, 2.75) is 6.92 Å². The van der Waals surface area contributed by atoms with Crippen LogP contribution in [0.25, 0.3) is 0 Å². The summed E-state index contributed by atoms with van der Waals surface area (Å²) in [7, 11) is 0. The van der Waals surface area contributed by atoms with Crippen molar-refractivity contribution in [1.29, 1.82) is 0 Å². The van der Waals surface area contributed by atoms with E-state index in [1.54, 1.807) is 18.2 Å². The Morgan fingerprint density at radius 3 is 2.47 bits per heavy atom. The lowest BCUT2D eigenvalue weighted by atomic mass is 10.1. The first kappa shape index (κ1) is 13.6. The maximum absolute atomic E-state index is 5.94. The van der Waals surface area contributed by atoms with Crippen molar-refractivity contribution in [3.05, 3.63) is 40.0 Å². The zero-order chi connectivity index (χ0) is 14.0. The third-order valence-corrected chi connectivity index (χ3v) is 2.94. The van der Waals surface area contributed by atoms with Crippen molar-refractivity contribution >= 4 is 46.1 Å². The number of halogens is 2. The average Bonchev–Trinajstić information content (AvgIpc) is 2.34. The van der Waals surface area contributed by atoms with E-state index in [0.29, 0.717) is 27.1 Å². The number of pyridine rings is 1. The Morgan fingerprint density at radius 2 is 1.79 bits per heavy atom. The zero-order valence-electron chi connectivity index (χ0n) is 10.1. The van der Waals surface area contributed by atoms with Crippen LogP contribution in [-0.4, -0.2) is 4.98 Å². The van der Waals surface area contributed by atoms with Gasteiger partial charge in [-0.25, -0.2) is 4.98 Å². The molecular weight excluding hydrogens is 285 g/mol. The quantitative estimate of drug-likeness (QED) is 0.640. The van der Waals surface area contributed by atoms with E-state index in [-0.39, 0.29) is 5.82 Å². The Bertz CT molecular complexity index is 655. The fourth-order valence-electron chi connectivity index (χ4n) is 1.40. The predicted octanol–water partition coefficient (Wildman–Crippen LogP) is 4.28. The number of aromatic nitrogens is 1. The molecule has 0 spiro atoms. The molecular formula is C12H11Cl2N5. The minimum atomic E-state index is 0.278. The first-order valence-corrected chi connectivity index (χ1v) is 6.11. The topological polar surface area (TPSA) is 89.6 Å². The summed E-state index contributed by atoms with van der Waals surface area (Å²) < 4.78 is 0. The second kappa shape index (κ2) is 5.42. The number of benzene rings is 1. The van der Waals surface area contributed by atoms with E-state index in [2.05, 4.69) is 15.2 Å². The Hall–Kier alpha value is -1.85. The normalized spacial score (nSPS) is 11.1. The van der Waals surface area contributed by atoms with Gasteiger partial charge in [0.15, 0.2) is 5.82 Å². The third kappa shape index (κ3) is 3.13. The van der Waals surface area contributed by atoms with Crippen molar-refractivity contribution in [3.63, 3.8) is 0 Å². The third-order valence-electron chi connectivity index (χ3n) is 2.46. The second-order valence-corrected chi connectivity index (χ2v) is 4.77. The highest BCUT2D eigenvalue weighted by Gasteiger charge is 2.04. The number of hydrogen-bond acceptors (Lipinski definition) is 5. The number of nitrogen functional groups attached to an aromatic ring is 2. The number of rotatable bonds is 2. The highest BCUT2D eigenvalue weighted by atomic mass is 35.5. The molecule has 0 aliphatic carbocycles. The van der Waals surface area contributed by atoms with Crippen LogP contribution in [-0.2, 0) is 0 Å². The highest BCUT2D eigenvalue weighted by Crippen LogP contribution is 2.31. The highest BCUT2D eigenvalue weighted by molar-refractivity contribution is 6.35. The minimum absolute atomic E-state index is 0.278. The summed E-state index contributed by atoms with van der Waals surface area (Å²) in [6, 6.07) is 4.93. The van der Waals surface area contributed by atoms with Crippen LogP contribution in [0.4, 0.5) is 22.9 Å². The lowest BCUT2D eigenvalue weighted by Crippen LogP contribution is -1.93. The number of nitrogens with zero attached hydrogens (tertiary/aromatic N) is 3. The van der Waals surface area contributed by atoms with Crippen LogP contribution in [0.15, 0.2) is 34.6 Å². The number of aryl methyl sites for hydroxylation is 1. The fourth-order valence-corrected chi connectivity index (χ4v) is 1.81. The van der Waals surface area contributed by atoms with Crippen LogP contribution < -0.4 is 11.5 Å². The maximum atomic E-state index is 5.94. The van der Waals surface area contributed by atoms with Crippen molar-refractivity contribution in [1.82, 2.24) is 4.98 Å². The Morgan fingerprint density at radius 1 is 1.05 bits per heavy atom. The van der Waals surface area contributed by atoms with Gasteiger partial charge in [0.1, 0.15) is 5.69 Å². The summed E-state index contributed by atoms with van der Waals surface area (Å²) in [5.41, 5.74) is 14.0. The Labute approximate surface area is 120 Å². The summed E-state index contributed by atoms with van der Waals surface area (Å²) in [5, 5.41) is 8.73. The smallest absolute Gasteiger partial charge is 0.193 e. The number of azo groups is 1. The Kier molecular flexibility index (Phi) is 3.87. The minimum Gasteiger partial charge on any atom is -0.398 e. The predicted molar refractivity (Wildman–Crippen MR) is 78.4 cm³/mol. The zero-order valence-corrected chi connectivity index (χ0v) is 11.6. The van der Waals surface area contributed by atoms with Gasteiger partial charge < -0.3 is 11.5 Å². The average molecular weight is 296 g/mol. The van der Waals surface area contributed by atoms with Gasteiger partial charge in [-0.3, -0.25) is 0 Å². The van der Waals surface area contributed by atoms with Gasteiger partial charge in [-0.05, 0) is 30.7 Å². The molecule has 0 aliphatic heterocycles. The molecule has 0 saturated heterocycles. The number of anilines is 2. The van der Waals surface area contributed by atoms with E-state index in [0.717, 1.165) is 5.56 Å². The second-order valence-electron chi connectivity index (χ2n) is 3.93. The van der Waals surface area contributed by atoms with Gasteiger partial charge in [0, 0.05) is 11.9 Å². The van der Waals surface area contributed by atoms with Crippen molar-refractivity contribution in [3.8, 4) is 0 Å². The first-order valence-electron chi connectivity index (χ1n) is 5.36. The van der Waals surface area contributed by atoms with Crippen LogP contribution in [0.3, 0.4) is 0 Å². The molecule has 0 unspecified atom stereocenters. The summed E-state index contributed by atoms with van der Waals surface area (Å²) in [6.45, 7) is 1.86. The van der Waals surface area contributed by atoms with E-state index in [9.17, 15) is 0 Å². The number of hydrogen-bond donors (Lipinski definition) is 2. The van der Waals surface area contributed by atoms with Gasteiger partial charge in [-0.2, -0.15) is 0 Å². The van der Waals surface area contributed by atoms with Crippen LogP contribution in [0.5, 0.6) is 0 Å². The van der Waals surface area contributed by atoms with Gasteiger partial charge in [0.2, 0.25) is 0 Å². The summed E-state index contributed by atoms with van der Waals surface area (Å²) >= 11 is 11.7. The van der Waals surface area contributed by atoms with Gasteiger partial charge >= 0.3 is 0 Å². The fraction of sp³-hybridized carbons (Fsp3) is 0.0833. The molecule has 5 nitrogen and oxygen atoms in total. The molecule has 7 heteroatoms. The monoisotopic (exact) mass is 295 g/mol. The van der Waals surface area contributed by atoms with E-state index in [1.807, 2.05) is 6.92 Å². The van der Waals surface area contributed by atoms with Crippen molar-refractivity contribution in [2.75, 3.05) is 11.5 Å². The molecule has 0 saturated carbocycles. The molecule has 0 atom stereocenters. The van der Waals surface area contributed by atoms with E-state index in [4.69, 9.17) is 34.7 Å². The molecule has 0 radical (unpaired) electrons. The maximum Gasteiger partial charge on any atom is 0.193 e. The van der Waals surface area contributed by atoms with E-state index >= 15 is 0 Å². The van der Waals surface area contributed by atoms with Crippen LogP contribution in [0.1, 0.15) is 5.56 Å². The van der Waals surface area contributed by atoms with Crippen LogP contribution >= 0.6 is 23.2 Å². The lowest BCUT2D eigenvalue weighted by molar-refractivity contribution is 1.15. The first-order chi connectivity index (χ1) is 8.97. The van der Waals surface area contributed by atoms with Gasteiger partial charge in [-0.1, -0.05) is 23.2 Å². The molecule has 2 rings (SSSR count). The molecule has 1 aromatic heterocycles. The molecule has 98 valence electrons. The van der Waals surface area contributed by atoms with Crippen molar-refractivity contribution in [2.24, 2.45) is 10.2 Å². The lowest BCUT2D eigenvalue weighted by Gasteiger charge is -2.04. The van der Waals surface area contributed by atoms with Gasteiger partial charge in [-0.15, -0.1) is 10.2 Å². The number of nitrogens with two attached hydrogens (primary N) is 2. The van der Waals surface area contributed by atoms with E-state index < -0.39 is 0 Å². The van der Waals surface area contributed by atoms with Crippen LogP contribution in [0, 0.1) is 6.92 Å². The van der Waals surface area contributed by atoms with E-state index in [1.165, 1.54) is 6.20 Å². The largest absolute Gasteiger partial charge is 0.398 e. The molecule has 0 aliphatic rings. The van der Waals surface area contributed by atoms with Crippen molar-refractivity contribution < 1.29 is 0 Å². The molecule has 0 bridgehead atoms. The molecule has 0 fully saturated rings. The molecule has 1 heterocycles. The SMILES string of the molecule is Cc1cc(N=Nc2ncc(Cl)cc2Cl)c(N)cc1N. The Balaban J connectivity index is 2.35. The standard InChI is InChI=1S/C12H11Cl2N5/c1-6-2-11(10(16)4-9(6)15)18-19-12-8(14)3-7(13)5-17-12/h2-5H,15-16H2,1H3. The molecule has 1 aromatic carbocycles. The molecule has 2 aromatic rings. The van der Waals surface area contributed by atoms with Crippen LogP contribution in [0.2, 0.25) is 10.0 Å². The molecule has 19 heavy (non-hydrogen) atoms. The summed E-state index contributed by atoms with van der Waals surface area (Å²) in [6.07, 6.45) is 1.44. The molecule has 0 amide bonds.